The molecule has 4 heteroatoms. The Labute approximate surface area is 149 Å². The molecule has 2 aromatic rings. The first-order chi connectivity index (χ1) is 12.1. The molecule has 0 aliphatic carbocycles. The van der Waals surface area contributed by atoms with Gasteiger partial charge in [-0.3, -0.25) is 4.79 Å². The van der Waals surface area contributed by atoms with E-state index in [-0.39, 0.29) is 17.9 Å². The summed E-state index contributed by atoms with van der Waals surface area (Å²) in [4.78, 5) is 20.1. The molecular weight excluding hydrogens is 312 g/mol. The van der Waals surface area contributed by atoms with Gasteiger partial charge in [0.2, 0.25) is 5.91 Å². The van der Waals surface area contributed by atoms with Crippen LogP contribution in [0.15, 0.2) is 65.8 Å². The largest absolute Gasteiger partial charge is 0.390 e. The quantitative estimate of drug-likeness (QED) is 0.804. The van der Waals surface area contributed by atoms with Gasteiger partial charge in [-0.25, -0.2) is 0 Å². The lowest BCUT2D eigenvalue weighted by Gasteiger charge is -2.26. The van der Waals surface area contributed by atoms with Crippen molar-refractivity contribution in [3.63, 3.8) is 0 Å². The Bertz CT molecular complexity index is 726. The number of carbonyl (C=O) groups excluding carboxylic acids is 1. The highest BCUT2D eigenvalue weighted by molar-refractivity contribution is 6.01. The van der Waals surface area contributed by atoms with Gasteiger partial charge in [-0.1, -0.05) is 79.7 Å². The molecule has 3 rings (SSSR count). The van der Waals surface area contributed by atoms with Crippen molar-refractivity contribution in [1.82, 2.24) is 4.90 Å². The first-order valence-corrected chi connectivity index (χ1v) is 8.74. The molecule has 0 spiro atoms. The summed E-state index contributed by atoms with van der Waals surface area (Å²) in [5, 5.41) is 4.23. The lowest BCUT2D eigenvalue weighted by Crippen LogP contribution is -2.39. The summed E-state index contributed by atoms with van der Waals surface area (Å²) in [7, 11) is 0. The van der Waals surface area contributed by atoms with E-state index < -0.39 is 0 Å². The summed E-state index contributed by atoms with van der Waals surface area (Å²) >= 11 is 0. The first-order valence-electron chi connectivity index (χ1n) is 8.74. The number of amides is 1. The Morgan fingerprint density at radius 3 is 2.40 bits per heavy atom. The van der Waals surface area contributed by atoms with Crippen molar-refractivity contribution in [2.24, 2.45) is 11.1 Å². The van der Waals surface area contributed by atoms with Crippen molar-refractivity contribution < 1.29 is 9.63 Å². The maximum absolute atomic E-state index is 12.6. The Hall–Kier alpha value is -2.62. The monoisotopic (exact) mass is 336 g/mol. The molecule has 1 atom stereocenters. The van der Waals surface area contributed by atoms with E-state index in [4.69, 9.17) is 4.84 Å². The van der Waals surface area contributed by atoms with Gasteiger partial charge in [0, 0.05) is 18.9 Å². The minimum atomic E-state index is -0.0957. The highest BCUT2D eigenvalue weighted by Gasteiger charge is 2.27. The molecule has 0 N–H and O–H groups in total. The molecule has 1 aliphatic rings. The Balaban J connectivity index is 1.66. The molecule has 0 bridgehead atoms. The summed E-state index contributed by atoms with van der Waals surface area (Å²) in [6.45, 7) is 5.01. The number of benzene rings is 2. The predicted molar refractivity (Wildman–Crippen MR) is 99.2 cm³/mol. The third kappa shape index (κ3) is 4.47. The smallest absolute Gasteiger partial charge is 0.225 e. The van der Waals surface area contributed by atoms with E-state index in [1.165, 1.54) is 0 Å². The fourth-order valence-electron chi connectivity index (χ4n) is 2.97. The van der Waals surface area contributed by atoms with Crippen LogP contribution in [0.5, 0.6) is 0 Å². The molecule has 0 saturated heterocycles. The Morgan fingerprint density at radius 1 is 1.12 bits per heavy atom. The van der Waals surface area contributed by atoms with E-state index in [2.05, 4.69) is 5.16 Å². The fourth-order valence-corrected chi connectivity index (χ4v) is 2.97. The zero-order chi connectivity index (χ0) is 17.6. The molecule has 130 valence electrons. The van der Waals surface area contributed by atoms with Crippen LogP contribution in [0, 0.1) is 5.92 Å². The Morgan fingerprint density at radius 2 is 1.76 bits per heavy atom. The zero-order valence-electron chi connectivity index (χ0n) is 14.8. The van der Waals surface area contributed by atoms with Crippen molar-refractivity contribution in [3.05, 3.63) is 71.8 Å². The van der Waals surface area contributed by atoms with Gasteiger partial charge in [0.25, 0.3) is 0 Å². The number of rotatable bonds is 6. The van der Waals surface area contributed by atoms with E-state index in [1.807, 2.05) is 79.4 Å². The summed E-state index contributed by atoms with van der Waals surface area (Å²) in [6.07, 6.45) is 0.627. The first kappa shape index (κ1) is 17.2. The van der Waals surface area contributed by atoms with Crippen molar-refractivity contribution in [1.29, 1.82) is 0 Å². The van der Waals surface area contributed by atoms with Crippen LogP contribution in [0.2, 0.25) is 0 Å². The van der Waals surface area contributed by atoms with Gasteiger partial charge in [0.05, 0.1) is 12.3 Å². The van der Waals surface area contributed by atoms with Crippen molar-refractivity contribution in [3.8, 4) is 0 Å². The standard InChI is InChI=1S/C21H24N2O2/c1-16(2)21(24)23(14-17-9-5-3-6-10-17)15-19-13-20(22-25-19)18-11-7-4-8-12-18/h3-12,16,19H,13-15H2,1-2H3/t19-/m1/s1. The van der Waals surface area contributed by atoms with Crippen molar-refractivity contribution in [2.45, 2.75) is 32.9 Å². The Kier molecular flexibility index (Phi) is 5.49. The van der Waals surface area contributed by atoms with Gasteiger partial charge in [0.1, 0.15) is 0 Å². The molecule has 1 aliphatic heterocycles. The average molecular weight is 336 g/mol. The normalized spacial score (nSPS) is 16.4. The molecular formula is C21H24N2O2. The topological polar surface area (TPSA) is 41.9 Å². The second-order valence-electron chi connectivity index (χ2n) is 6.69. The van der Waals surface area contributed by atoms with Crippen molar-refractivity contribution in [2.75, 3.05) is 6.54 Å². The van der Waals surface area contributed by atoms with Crippen LogP contribution in [-0.4, -0.2) is 29.2 Å². The van der Waals surface area contributed by atoms with Crippen LogP contribution in [0.3, 0.4) is 0 Å². The van der Waals surface area contributed by atoms with Gasteiger partial charge in [-0.2, -0.15) is 0 Å². The maximum Gasteiger partial charge on any atom is 0.225 e. The van der Waals surface area contributed by atoms with E-state index >= 15 is 0 Å². The molecule has 0 unspecified atom stereocenters. The van der Waals surface area contributed by atoms with Crippen molar-refractivity contribution >= 4 is 11.6 Å². The van der Waals surface area contributed by atoms with E-state index in [1.54, 1.807) is 0 Å². The molecule has 0 aromatic heterocycles. The number of oxime groups is 1. The minimum absolute atomic E-state index is 0.0420. The third-order valence-corrected chi connectivity index (χ3v) is 4.29. The van der Waals surface area contributed by atoms with Crippen LogP contribution in [0.25, 0.3) is 0 Å². The second kappa shape index (κ2) is 7.97. The fraction of sp³-hybridized carbons (Fsp3) is 0.333. The predicted octanol–water partition coefficient (Wildman–Crippen LogP) is 3.86. The number of nitrogens with zero attached hydrogens (tertiary/aromatic N) is 2. The van der Waals surface area contributed by atoms with E-state index in [0.717, 1.165) is 23.3 Å². The molecule has 1 heterocycles. The van der Waals surface area contributed by atoms with Crippen LogP contribution in [0.1, 0.15) is 31.4 Å². The molecule has 0 fully saturated rings. The summed E-state index contributed by atoms with van der Waals surface area (Å²) < 4.78 is 0. The van der Waals surface area contributed by atoms with Gasteiger partial charge >= 0.3 is 0 Å². The van der Waals surface area contributed by atoms with Gasteiger partial charge < -0.3 is 9.74 Å². The summed E-state index contributed by atoms with van der Waals surface area (Å²) in [5.74, 6) is 0.0974. The number of carbonyl (C=O) groups is 1. The molecule has 2 aromatic carbocycles. The zero-order valence-corrected chi connectivity index (χ0v) is 14.8. The second-order valence-corrected chi connectivity index (χ2v) is 6.69. The SMILES string of the molecule is CC(C)C(=O)N(Cc1ccccc1)C[C@H]1CC(c2ccccc2)=NO1. The number of hydrogen-bond donors (Lipinski definition) is 0. The van der Waals surface area contributed by atoms with Crippen LogP contribution in [0.4, 0.5) is 0 Å². The van der Waals surface area contributed by atoms with Crippen LogP contribution in [-0.2, 0) is 16.2 Å². The molecule has 1 amide bonds. The number of hydrogen-bond acceptors (Lipinski definition) is 3. The molecule has 4 nitrogen and oxygen atoms in total. The molecule has 25 heavy (non-hydrogen) atoms. The minimum Gasteiger partial charge on any atom is -0.390 e. The lowest BCUT2D eigenvalue weighted by atomic mass is 10.0. The summed E-state index contributed by atoms with van der Waals surface area (Å²) in [6, 6.07) is 20.1. The average Bonchev–Trinajstić information content (AvgIpc) is 3.11. The van der Waals surface area contributed by atoms with Gasteiger partial charge in [-0.15, -0.1) is 0 Å². The van der Waals surface area contributed by atoms with E-state index in [0.29, 0.717) is 13.1 Å². The highest BCUT2D eigenvalue weighted by atomic mass is 16.6. The lowest BCUT2D eigenvalue weighted by molar-refractivity contribution is -0.136. The summed E-state index contributed by atoms with van der Waals surface area (Å²) in [5.41, 5.74) is 3.15. The molecule has 0 saturated carbocycles. The van der Waals surface area contributed by atoms with E-state index in [9.17, 15) is 4.79 Å². The third-order valence-electron chi connectivity index (χ3n) is 4.29. The van der Waals surface area contributed by atoms with Gasteiger partial charge in [0.15, 0.2) is 6.10 Å². The van der Waals surface area contributed by atoms with Gasteiger partial charge in [-0.05, 0) is 11.1 Å². The van der Waals surface area contributed by atoms with Crippen LogP contribution < -0.4 is 0 Å². The highest BCUT2D eigenvalue weighted by Crippen LogP contribution is 2.19. The van der Waals surface area contributed by atoms with Crippen LogP contribution >= 0.6 is 0 Å². The molecule has 0 radical (unpaired) electrons. The maximum atomic E-state index is 12.6.